The molecule has 0 spiro atoms. The summed E-state index contributed by atoms with van der Waals surface area (Å²) < 4.78 is 5.34. The van der Waals surface area contributed by atoms with E-state index in [-0.39, 0.29) is 11.4 Å². The van der Waals surface area contributed by atoms with Gasteiger partial charge in [0, 0.05) is 11.6 Å². The molecule has 8 heteroatoms. The number of benzene rings is 2. The van der Waals surface area contributed by atoms with Crippen LogP contribution in [0.1, 0.15) is 6.92 Å². The van der Waals surface area contributed by atoms with Gasteiger partial charge >= 0.3 is 0 Å². The number of aromatic nitrogens is 3. The number of hydrogen-bond acceptors (Lipinski definition) is 6. The van der Waals surface area contributed by atoms with Gasteiger partial charge in [0.15, 0.2) is 23.1 Å². The summed E-state index contributed by atoms with van der Waals surface area (Å²) >= 11 is 0. The van der Waals surface area contributed by atoms with Gasteiger partial charge in [-0.25, -0.2) is 4.98 Å². The zero-order chi connectivity index (χ0) is 17.1. The van der Waals surface area contributed by atoms with E-state index in [1.165, 1.54) is 12.1 Å². The van der Waals surface area contributed by atoms with E-state index in [4.69, 9.17) is 4.74 Å². The van der Waals surface area contributed by atoms with Gasteiger partial charge in [-0.2, -0.15) is 5.10 Å². The highest BCUT2D eigenvalue weighted by Gasteiger charge is 2.18. The lowest BCUT2D eigenvalue weighted by Crippen LogP contribution is -1.93. The number of nitrogens with one attached hydrogen (secondary N) is 1. The molecule has 3 aromatic rings. The third kappa shape index (κ3) is 2.89. The average molecular weight is 326 g/mol. The number of aromatic amines is 1. The minimum atomic E-state index is -0.467. The fourth-order valence-corrected chi connectivity index (χ4v) is 2.27. The number of nitro groups is 1. The zero-order valence-corrected chi connectivity index (χ0v) is 12.8. The van der Waals surface area contributed by atoms with E-state index in [2.05, 4.69) is 15.2 Å². The maximum absolute atomic E-state index is 11.1. The molecule has 8 nitrogen and oxygen atoms in total. The van der Waals surface area contributed by atoms with Crippen LogP contribution in [0.4, 0.5) is 5.69 Å². The summed E-state index contributed by atoms with van der Waals surface area (Å²) in [6, 6.07) is 11.0. The normalized spacial score (nSPS) is 10.5. The van der Waals surface area contributed by atoms with Crippen LogP contribution in [-0.2, 0) is 0 Å². The van der Waals surface area contributed by atoms with Crippen molar-refractivity contribution >= 4 is 5.69 Å². The fourth-order valence-electron chi connectivity index (χ4n) is 2.27. The molecule has 0 unspecified atom stereocenters. The van der Waals surface area contributed by atoms with Crippen LogP contribution in [0.25, 0.3) is 22.8 Å². The number of aromatic hydroxyl groups is 1. The summed E-state index contributed by atoms with van der Waals surface area (Å²) in [6.45, 7) is 2.22. The molecule has 0 amide bonds. The molecular formula is C16H14N4O4. The van der Waals surface area contributed by atoms with Gasteiger partial charge in [-0.15, -0.1) is 0 Å². The topological polar surface area (TPSA) is 114 Å². The van der Waals surface area contributed by atoms with Gasteiger partial charge in [-0.3, -0.25) is 15.2 Å². The van der Waals surface area contributed by atoms with Gasteiger partial charge in [0.1, 0.15) is 0 Å². The third-order valence-electron chi connectivity index (χ3n) is 3.36. The van der Waals surface area contributed by atoms with Crippen LogP contribution in [0.2, 0.25) is 0 Å². The summed E-state index contributed by atoms with van der Waals surface area (Å²) in [5.74, 6) is 0.995. The number of nitro benzene ring substituents is 1. The van der Waals surface area contributed by atoms with E-state index < -0.39 is 4.92 Å². The van der Waals surface area contributed by atoms with E-state index in [0.29, 0.717) is 35.1 Å². The van der Waals surface area contributed by atoms with E-state index in [1.807, 2.05) is 6.92 Å². The van der Waals surface area contributed by atoms with Crippen molar-refractivity contribution in [3.63, 3.8) is 0 Å². The first-order valence-corrected chi connectivity index (χ1v) is 7.22. The van der Waals surface area contributed by atoms with Gasteiger partial charge in [0.05, 0.1) is 17.1 Å². The lowest BCUT2D eigenvalue weighted by molar-refractivity contribution is -0.384. The smallest absolute Gasteiger partial charge is 0.280 e. The van der Waals surface area contributed by atoms with Crippen LogP contribution < -0.4 is 4.74 Å². The Morgan fingerprint density at radius 3 is 2.83 bits per heavy atom. The number of phenols is 1. The van der Waals surface area contributed by atoms with Gasteiger partial charge in [-0.05, 0) is 31.2 Å². The fraction of sp³-hybridized carbons (Fsp3) is 0.125. The van der Waals surface area contributed by atoms with Crippen LogP contribution >= 0.6 is 0 Å². The summed E-state index contributed by atoms with van der Waals surface area (Å²) in [5.41, 5.74) is 0.920. The molecule has 0 saturated heterocycles. The number of nitrogens with zero attached hydrogens (tertiary/aromatic N) is 3. The second kappa shape index (κ2) is 6.37. The second-order valence-corrected chi connectivity index (χ2v) is 4.90. The molecule has 1 heterocycles. The summed E-state index contributed by atoms with van der Waals surface area (Å²) in [5, 5.41) is 27.7. The minimum Gasteiger partial charge on any atom is -0.504 e. The van der Waals surface area contributed by atoms with Crippen molar-refractivity contribution in [2.75, 3.05) is 6.61 Å². The molecule has 1 aromatic heterocycles. The Kier molecular flexibility index (Phi) is 4.11. The first-order valence-electron chi connectivity index (χ1n) is 7.22. The molecule has 0 aliphatic carbocycles. The van der Waals surface area contributed by atoms with Crippen LogP contribution in [-0.4, -0.2) is 31.8 Å². The third-order valence-corrected chi connectivity index (χ3v) is 3.36. The molecule has 2 aromatic carbocycles. The summed E-state index contributed by atoms with van der Waals surface area (Å²) in [6.07, 6.45) is 0. The lowest BCUT2D eigenvalue weighted by atomic mass is 10.1. The largest absolute Gasteiger partial charge is 0.504 e. The molecule has 0 radical (unpaired) electrons. The van der Waals surface area contributed by atoms with Crippen molar-refractivity contribution in [2.24, 2.45) is 0 Å². The molecule has 122 valence electrons. The van der Waals surface area contributed by atoms with Gasteiger partial charge < -0.3 is 9.84 Å². The molecule has 2 N–H and O–H groups in total. The molecule has 0 bridgehead atoms. The molecule has 0 aliphatic heterocycles. The van der Waals surface area contributed by atoms with Gasteiger partial charge in [0.2, 0.25) is 0 Å². The number of H-pyrrole nitrogens is 1. The first kappa shape index (κ1) is 15.5. The molecule has 0 atom stereocenters. The first-order chi connectivity index (χ1) is 11.6. The maximum atomic E-state index is 11.1. The molecule has 0 aliphatic rings. The highest BCUT2D eigenvalue weighted by atomic mass is 16.6. The van der Waals surface area contributed by atoms with Crippen LogP contribution in [0, 0.1) is 10.1 Å². The Morgan fingerprint density at radius 2 is 2.08 bits per heavy atom. The van der Waals surface area contributed by atoms with Crippen molar-refractivity contribution < 1.29 is 14.8 Å². The van der Waals surface area contributed by atoms with E-state index in [1.54, 1.807) is 30.3 Å². The number of phenolic OH excluding ortho intramolecular Hbond substituents is 1. The van der Waals surface area contributed by atoms with E-state index >= 15 is 0 Å². The molecule has 3 rings (SSSR count). The lowest BCUT2D eigenvalue weighted by Gasteiger charge is -2.06. The summed E-state index contributed by atoms with van der Waals surface area (Å²) in [7, 11) is 0. The SMILES string of the molecule is CCOc1cc(-c2n[nH]c(-c3ccccc3[N+](=O)[O-])n2)ccc1O. The van der Waals surface area contributed by atoms with Crippen molar-refractivity contribution in [2.45, 2.75) is 6.92 Å². The zero-order valence-electron chi connectivity index (χ0n) is 12.8. The quantitative estimate of drug-likeness (QED) is 0.550. The van der Waals surface area contributed by atoms with Crippen LogP contribution in [0.3, 0.4) is 0 Å². The Balaban J connectivity index is 2.00. The predicted molar refractivity (Wildman–Crippen MR) is 86.7 cm³/mol. The van der Waals surface area contributed by atoms with Crippen molar-refractivity contribution in [1.82, 2.24) is 15.2 Å². The van der Waals surface area contributed by atoms with Crippen molar-refractivity contribution in [3.8, 4) is 34.3 Å². The number of para-hydroxylation sites is 1. The van der Waals surface area contributed by atoms with E-state index in [9.17, 15) is 15.2 Å². The predicted octanol–water partition coefficient (Wildman–Crippen LogP) is 3.15. The highest BCUT2D eigenvalue weighted by molar-refractivity contribution is 5.70. The summed E-state index contributed by atoms with van der Waals surface area (Å²) in [4.78, 5) is 15.0. The maximum Gasteiger partial charge on any atom is 0.280 e. The van der Waals surface area contributed by atoms with Crippen molar-refractivity contribution in [3.05, 3.63) is 52.6 Å². The Bertz CT molecular complexity index is 891. The number of rotatable bonds is 5. The second-order valence-electron chi connectivity index (χ2n) is 4.90. The van der Waals surface area contributed by atoms with Gasteiger partial charge in [0.25, 0.3) is 5.69 Å². The monoisotopic (exact) mass is 326 g/mol. The van der Waals surface area contributed by atoms with Crippen LogP contribution in [0.5, 0.6) is 11.5 Å². The minimum absolute atomic E-state index is 0.0232. The Morgan fingerprint density at radius 1 is 1.29 bits per heavy atom. The molecule has 24 heavy (non-hydrogen) atoms. The Labute approximate surface area is 136 Å². The van der Waals surface area contributed by atoms with Gasteiger partial charge in [-0.1, -0.05) is 12.1 Å². The number of ether oxygens (including phenoxy) is 1. The van der Waals surface area contributed by atoms with E-state index in [0.717, 1.165) is 0 Å². The molecule has 0 fully saturated rings. The van der Waals surface area contributed by atoms with Crippen molar-refractivity contribution in [1.29, 1.82) is 0 Å². The molecule has 0 saturated carbocycles. The number of hydrogen-bond donors (Lipinski definition) is 2. The standard InChI is InChI=1S/C16H14N4O4/c1-2-24-14-9-10(7-8-13(14)21)15-17-16(19-18-15)11-5-3-4-6-12(11)20(22)23/h3-9,21H,2H2,1H3,(H,17,18,19). The molecular weight excluding hydrogens is 312 g/mol. The Hall–Kier alpha value is -3.42. The van der Waals surface area contributed by atoms with Crippen LogP contribution in [0.15, 0.2) is 42.5 Å². The average Bonchev–Trinajstić information content (AvgIpc) is 3.07. The highest BCUT2D eigenvalue weighted by Crippen LogP contribution is 2.32.